The largest absolute Gasteiger partial charge is 0.489 e. The van der Waals surface area contributed by atoms with Crippen molar-refractivity contribution in [2.24, 2.45) is 10.7 Å². The van der Waals surface area contributed by atoms with Crippen LogP contribution in [0.25, 0.3) is 11.0 Å². The molecule has 1 atom stereocenters. The average Bonchev–Trinajstić information content (AvgIpc) is 2.81. The summed E-state index contributed by atoms with van der Waals surface area (Å²) in [7, 11) is 3.14. The fraction of sp³-hybridized carbons (Fsp3) is 0.391. The highest BCUT2D eigenvalue weighted by atomic mass is 32.2. The van der Waals surface area contributed by atoms with Gasteiger partial charge in [0.2, 0.25) is 0 Å². The van der Waals surface area contributed by atoms with Crippen LogP contribution in [0.4, 0.5) is 20.3 Å². The summed E-state index contributed by atoms with van der Waals surface area (Å²) < 4.78 is 42.5. The third-order valence-corrected chi connectivity index (χ3v) is 5.99. The number of alkyl halides is 1. The number of benzene rings is 1. The number of anilines is 2. The van der Waals surface area contributed by atoms with Crippen molar-refractivity contribution in [2.45, 2.75) is 18.1 Å². The van der Waals surface area contributed by atoms with Gasteiger partial charge in [-0.25, -0.2) is 28.7 Å². The number of nitrogens with two attached hydrogens (primary N) is 1. The number of hydrogen-bond donors (Lipinski definition) is 2. The van der Waals surface area contributed by atoms with Crippen molar-refractivity contribution in [2.75, 3.05) is 46.2 Å². The van der Waals surface area contributed by atoms with Gasteiger partial charge in [-0.3, -0.25) is 0 Å². The van der Waals surface area contributed by atoms with Crippen molar-refractivity contribution in [3.05, 3.63) is 48.2 Å². The molecule has 0 aliphatic rings. The van der Waals surface area contributed by atoms with E-state index in [2.05, 4.69) is 25.3 Å². The highest BCUT2D eigenvalue weighted by molar-refractivity contribution is 8.15. The fourth-order valence-electron chi connectivity index (χ4n) is 3.43. The minimum atomic E-state index is -0.919. The predicted octanol–water partition coefficient (Wildman–Crippen LogP) is 3.86. The molecule has 188 valence electrons. The predicted molar refractivity (Wildman–Crippen MR) is 134 cm³/mol. The number of hydrogen-bond acceptors (Lipinski definition) is 9. The van der Waals surface area contributed by atoms with Crippen molar-refractivity contribution >= 4 is 39.5 Å². The van der Waals surface area contributed by atoms with Gasteiger partial charge in [-0.05, 0) is 37.1 Å². The van der Waals surface area contributed by atoms with Crippen LogP contribution in [-0.4, -0.2) is 65.7 Å². The third-order valence-electron chi connectivity index (χ3n) is 4.90. The van der Waals surface area contributed by atoms with Crippen LogP contribution < -0.4 is 15.8 Å². The number of aliphatic imine (C=N–C) groups is 1. The van der Waals surface area contributed by atoms with Crippen LogP contribution in [-0.2, 0) is 15.9 Å². The van der Waals surface area contributed by atoms with Gasteiger partial charge in [0.05, 0.1) is 24.9 Å². The molecule has 2 heterocycles. The molecule has 0 saturated carbocycles. The van der Waals surface area contributed by atoms with E-state index in [4.69, 9.17) is 19.9 Å². The number of amidine groups is 1. The highest BCUT2D eigenvalue weighted by Gasteiger charge is 2.29. The molecule has 0 spiro atoms. The Labute approximate surface area is 206 Å². The number of aromatic nitrogens is 3. The summed E-state index contributed by atoms with van der Waals surface area (Å²) in [6.45, 7) is 2.04. The minimum absolute atomic E-state index is 0.0748. The molecule has 0 radical (unpaired) electrons. The summed E-state index contributed by atoms with van der Waals surface area (Å²) in [6.07, 6.45) is 3.26. The van der Waals surface area contributed by atoms with Gasteiger partial charge >= 0.3 is 0 Å². The van der Waals surface area contributed by atoms with E-state index in [1.807, 2.05) is 6.92 Å². The van der Waals surface area contributed by atoms with Crippen molar-refractivity contribution in [1.82, 2.24) is 15.0 Å². The number of ether oxygens (including phenoxy) is 3. The van der Waals surface area contributed by atoms with Gasteiger partial charge in [0.25, 0.3) is 0 Å². The molecule has 3 aromatic rings. The lowest BCUT2D eigenvalue weighted by atomic mass is 10.00. The Morgan fingerprint density at radius 1 is 1.17 bits per heavy atom. The first-order chi connectivity index (χ1) is 16.9. The summed E-state index contributed by atoms with van der Waals surface area (Å²) in [5.41, 5.74) is 7.96. The number of nitrogens with one attached hydrogen (secondary N) is 1. The lowest BCUT2D eigenvalue weighted by Crippen LogP contribution is -2.33. The van der Waals surface area contributed by atoms with Crippen LogP contribution >= 0.6 is 11.8 Å². The van der Waals surface area contributed by atoms with E-state index in [-0.39, 0.29) is 24.0 Å². The second-order valence-electron chi connectivity index (χ2n) is 7.81. The van der Waals surface area contributed by atoms with E-state index >= 15 is 0 Å². The Bertz CT molecular complexity index is 1170. The Kier molecular flexibility index (Phi) is 9.52. The standard InChI is InChI=1S/C23H28F2N6O3S/c1-23(12-33-3,35-22(26)28-13-24)10-15-8-16(4-5-18(15)25)31-21-20-19(29-14-30-21)9-17(11-27-20)34-7-6-32-2/h4-5,8-9,11,14H,6-7,10,12-13H2,1-3H3,(H2,26,28)(H,29,30,31)/t23-/m1/s1. The van der Waals surface area contributed by atoms with Crippen molar-refractivity contribution in [3.63, 3.8) is 0 Å². The zero-order valence-electron chi connectivity index (χ0n) is 19.8. The molecule has 3 N–H and O–H groups in total. The Balaban J connectivity index is 1.83. The van der Waals surface area contributed by atoms with Gasteiger partial charge in [0.1, 0.15) is 30.0 Å². The molecule has 0 saturated heterocycles. The van der Waals surface area contributed by atoms with Crippen LogP contribution in [0.2, 0.25) is 0 Å². The van der Waals surface area contributed by atoms with Gasteiger partial charge in [-0.2, -0.15) is 0 Å². The first kappa shape index (κ1) is 26.5. The van der Waals surface area contributed by atoms with Crippen LogP contribution in [0.5, 0.6) is 5.75 Å². The lowest BCUT2D eigenvalue weighted by molar-refractivity contribution is 0.146. The Morgan fingerprint density at radius 2 is 2.00 bits per heavy atom. The number of thioether (sulfide) groups is 1. The number of pyridine rings is 1. The first-order valence-corrected chi connectivity index (χ1v) is 11.5. The molecule has 0 bridgehead atoms. The van der Waals surface area contributed by atoms with E-state index < -0.39 is 11.5 Å². The summed E-state index contributed by atoms with van der Waals surface area (Å²) >= 11 is 1.15. The van der Waals surface area contributed by atoms with Gasteiger partial charge in [0, 0.05) is 30.7 Å². The molecular weight excluding hydrogens is 478 g/mol. The SMILES string of the molecule is COCCOc1cnc2c(Nc3ccc(F)c(C[C@](C)(COC)S/C(N)=N\CF)c3)ncnc2c1. The molecule has 2 aromatic heterocycles. The van der Waals surface area contributed by atoms with Crippen LogP contribution in [0.15, 0.2) is 41.8 Å². The topological polar surface area (TPSA) is 117 Å². The quantitative estimate of drug-likeness (QED) is 0.163. The monoisotopic (exact) mass is 506 g/mol. The number of methoxy groups -OCH3 is 2. The van der Waals surface area contributed by atoms with Crippen molar-refractivity contribution in [3.8, 4) is 5.75 Å². The smallest absolute Gasteiger partial charge is 0.182 e. The van der Waals surface area contributed by atoms with Gasteiger partial charge < -0.3 is 25.3 Å². The summed E-state index contributed by atoms with van der Waals surface area (Å²) in [6, 6.07) is 6.42. The van der Waals surface area contributed by atoms with Crippen molar-refractivity contribution < 1.29 is 23.0 Å². The molecule has 0 aliphatic carbocycles. The zero-order valence-corrected chi connectivity index (χ0v) is 20.6. The third kappa shape index (κ3) is 7.44. The molecule has 0 aliphatic heterocycles. The van der Waals surface area contributed by atoms with Crippen LogP contribution in [0.1, 0.15) is 12.5 Å². The Hall–Kier alpha value is -3.09. The molecule has 0 amide bonds. The molecule has 35 heavy (non-hydrogen) atoms. The number of halogens is 2. The summed E-state index contributed by atoms with van der Waals surface area (Å²) in [4.78, 5) is 16.6. The summed E-state index contributed by atoms with van der Waals surface area (Å²) in [5, 5.41) is 3.26. The Morgan fingerprint density at radius 3 is 2.74 bits per heavy atom. The van der Waals surface area contributed by atoms with E-state index in [0.29, 0.717) is 47.1 Å². The molecule has 12 heteroatoms. The van der Waals surface area contributed by atoms with E-state index in [1.165, 1.54) is 19.5 Å². The normalized spacial score (nSPS) is 13.6. The fourth-order valence-corrected chi connectivity index (χ4v) is 4.45. The average molecular weight is 507 g/mol. The highest BCUT2D eigenvalue weighted by Crippen LogP contribution is 2.32. The molecule has 0 unspecified atom stereocenters. The zero-order chi connectivity index (χ0) is 25.3. The van der Waals surface area contributed by atoms with Gasteiger partial charge in [-0.15, -0.1) is 0 Å². The second-order valence-corrected chi connectivity index (χ2v) is 9.42. The second kappa shape index (κ2) is 12.6. The maximum atomic E-state index is 14.7. The molecule has 3 rings (SSSR count). The van der Waals surface area contributed by atoms with Crippen LogP contribution in [0, 0.1) is 5.82 Å². The van der Waals surface area contributed by atoms with E-state index in [1.54, 1.807) is 31.5 Å². The van der Waals surface area contributed by atoms with Gasteiger partial charge in [-0.1, -0.05) is 11.8 Å². The molecule has 0 fully saturated rings. The van der Waals surface area contributed by atoms with Crippen molar-refractivity contribution in [1.29, 1.82) is 0 Å². The minimum Gasteiger partial charge on any atom is -0.489 e. The van der Waals surface area contributed by atoms with E-state index in [0.717, 1.165) is 11.8 Å². The first-order valence-electron chi connectivity index (χ1n) is 10.7. The number of rotatable bonds is 12. The van der Waals surface area contributed by atoms with Gasteiger partial charge in [0.15, 0.2) is 17.8 Å². The maximum Gasteiger partial charge on any atom is 0.182 e. The molecular formula is C23H28F2N6O3S. The van der Waals surface area contributed by atoms with Crippen LogP contribution in [0.3, 0.4) is 0 Å². The lowest BCUT2D eigenvalue weighted by Gasteiger charge is -2.28. The maximum absolute atomic E-state index is 14.7. The number of nitrogens with zero attached hydrogens (tertiary/aromatic N) is 4. The van der Waals surface area contributed by atoms with E-state index in [9.17, 15) is 8.78 Å². The molecule has 9 nitrogen and oxygen atoms in total. The summed E-state index contributed by atoms with van der Waals surface area (Å²) in [5.74, 6) is 0.640. The number of fused-ring (bicyclic) bond motifs is 1. The molecule has 1 aromatic carbocycles.